The SMILES string of the molecule is CCCCCCCC(=O)C1C(=O)OC(C)(C)OC1=O. The molecule has 0 aromatic rings. The summed E-state index contributed by atoms with van der Waals surface area (Å²) in [6.07, 6.45) is 5.18. The molecular formula is C14H22O5. The van der Waals surface area contributed by atoms with Crippen LogP contribution in [0, 0.1) is 5.92 Å². The molecule has 0 unspecified atom stereocenters. The molecule has 19 heavy (non-hydrogen) atoms. The van der Waals surface area contributed by atoms with Gasteiger partial charge in [0.25, 0.3) is 5.79 Å². The zero-order chi connectivity index (χ0) is 14.5. The Balaban J connectivity index is 2.44. The van der Waals surface area contributed by atoms with Gasteiger partial charge >= 0.3 is 11.9 Å². The Morgan fingerprint density at radius 3 is 2.11 bits per heavy atom. The van der Waals surface area contributed by atoms with E-state index in [0.29, 0.717) is 6.42 Å². The number of rotatable bonds is 7. The fourth-order valence-corrected chi connectivity index (χ4v) is 2.03. The lowest BCUT2D eigenvalue weighted by Crippen LogP contribution is -2.49. The van der Waals surface area contributed by atoms with Crippen molar-refractivity contribution in [2.75, 3.05) is 0 Å². The summed E-state index contributed by atoms with van der Waals surface area (Å²) >= 11 is 0. The Bertz CT molecular complexity index is 339. The van der Waals surface area contributed by atoms with E-state index in [1.165, 1.54) is 13.8 Å². The highest BCUT2D eigenvalue weighted by Gasteiger charge is 2.46. The summed E-state index contributed by atoms with van der Waals surface area (Å²) < 4.78 is 9.84. The van der Waals surface area contributed by atoms with Crippen molar-refractivity contribution in [2.45, 2.75) is 65.1 Å². The van der Waals surface area contributed by atoms with Gasteiger partial charge in [0, 0.05) is 20.3 Å². The quantitative estimate of drug-likeness (QED) is 0.403. The van der Waals surface area contributed by atoms with Crippen LogP contribution in [0.5, 0.6) is 0 Å². The molecule has 0 radical (unpaired) electrons. The Hall–Kier alpha value is -1.39. The zero-order valence-electron chi connectivity index (χ0n) is 11.9. The van der Waals surface area contributed by atoms with Crippen molar-refractivity contribution in [3.05, 3.63) is 0 Å². The van der Waals surface area contributed by atoms with Gasteiger partial charge in [0.15, 0.2) is 5.78 Å². The first-order valence-corrected chi connectivity index (χ1v) is 6.86. The summed E-state index contributed by atoms with van der Waals surface area (Å²) in [6.45, 7) is 5.05. The summed E-state index contributed by atoms with van der Waals surface area (Å²) in [5.74, 6) is -4.65. The second-order valence-electron chi connectivity index (χ2n) is 5.31. The Labute approximate surface area is 113 Å². The van der Waals surface area contributed by atoms with Gasteiger partial charge in [-0.1, -0.05) is 32.6 Å². The first-order valence-electron chi connectivity index (χ1n) is 6.86. The number of Topliss-reactive ketones (excluding diaryl/α,β-unsaturated/α-hetero) is 1. The van der Waals surface area contributed by atoms with Gasteiger partial charge in [0.2, 0.25) is 5.92 Å². The molecule has 5 heteroatoms. The fourth-order valence-electron chi connectivity index (χ4n) is 2.03. The molecule has 1 aliphatic heterocycles. The molecule has 1 fully saturated rings. The lowest BCUT2D eigenvalue weighted by Gasteiger charge is -2.32. The van der Waals surface area contributed by atoms with E-state index in [1.807, 2.05) is 0 Å². The summed E-state index contributed by atoms with van der Waals surface area (Å²) in [5.41, 5.74) is 0. The van der Waals surface area contributed by atoms with Crippen LogP contribution >= 0.6 is 0 Å². The maximum absolute atomic E-state index is 11.9. The van der Waals surface area contributed by atoms with Crippen LogP contribution in [0.3, 0.4) is 0 Å². The maximum atomic E-state index is 11.9. The molecule has 0 spiro atoms. The average Bonchev–Trinajstić information content (AvgIpc) is 2.25. The lowest BCUT2D eigenvalue weighted by molar-refractivity contribution is -0.238. The van der Waals surface area contributed by atoms with Gasteiger partial charge in [-0.05, 0) is 6.42 Å². The van der Waals surface area contributed by atoms with Gasteiger partial charge < -0.3 is 9.47 Å². The number of ketones is 1. The molecule has 0 aromatic heterocycles. The van der Waals surface area contributed by atoms with Crippen molar-refractivity contribution in [1.29, 1.82) is 0 Å². The standard InChI is InChI=1S/C14H22O5/c1-4-5-6-7-8-9-10(15)11-12(16)18-14(2,3)19-13(11)17/h11H,4-9H2,1-3H3. The van der Waals surface area contributed by atoms with Gasteiger partial charge in [-0.25, -0.2) is 0 Å². The first kappa shape index (κ1) is 15.7. The van der Waals surface area contributed by atoms with Gasteiger partial charge in [-0.3, -0.25) is 14.4 Å². The van der Waals surface area contributed by atoms with Crippen molar-refractivity contribution >= 4 is 17.7 Å². The molecule has 0 N–H and O–H groups in total. The minimum absolute atomic E-state index is 0.221. The molecule has 1 heterocycles. The predicted molar refractivity (Wildman–Crippen MR) is 68.1 cm³/mol. The molecule has 108 valence electrons. The third-order valence-electron chi connectivity index (χ3n) is 3.01. The van der Waals surface area contributed by atoms with Gasteiger partial charge in [-0.15, -0.1) is 0 Å². The van der Waals surface area contributed by atoms with Gasteiger partial charge in [-0.2, -0.15) is 0 Å². The van der Waals surface area contributed by atoms with E-state index in [4.69, 9.17) is 9.47 Å². The lowest BCUT2D eigenvalue weighted by atomic mass is 9.97. The Morgan fingerprint density at radius 1 is 1.05 bits per heavy atom. The van der Waals surface area contributed by atoms with E-state index in [2.05, 4.69) is 6.92 Å². The monoisotopic (exact) mass is 270 g/mol. The third kappa shape index (κ3) is 4.65. The average molecular weight is 270 g/mol. The van der Waals surface area contributed by atoms with Crippen LogP contribution in [0.15, 0.2) is 0 Å². The normalized spacial score (nSPS) is 18.9. The van der Waals surface area contributed by atoms with Crippen molar-refractivity contribution in [3.63, 3.8) is 0 Å². The van der Waals surface area contributed by atoms with E-state index >= 15 is 0 Å². The molecular weight excluding hydrogens is 248 g/mol. The summed E-state index contributed by atoms with van der Waals surface area (Å²) in [5, 5.41) is 0. The smallest absolute Gasteiger partial charge is 0.331 e. The fraction of sp³-hybridized carbons (Fsp3) is 0.786. The van der Waals surface area contributed by atoms with Gasteiger partial charge in [0.1, 0.15) is 0 Å². The summed E-state index contributed by atoms with van der Waals surface area (Å²) in [4.78, 5) is 35.2. The van der Waals surface area contributed by atoms with E-state index < -0.39 is 29.4 Å². The molecule has 0 aliphatic carbocycles. The van der Waals surface area contributed by atoms with E-state index in [0.717, 1.165) is 25.7 Å². The third-order valence-corrected chi connectivity index (χ3v) is 3.01. The number of ether oxygens (including phenoxy) is 2. The number of esters is 2. The van der Waals surface area contributed by atoms with Crippen LogP contribution in [-0.2, 0) is 23.9 Å². The number of unbranched alkanes of at least 4 members (excludes halogenated alkanes) is 4. The molecule has 1 aliphatic rings. The maximum Gasteiger partial charge on any atom is 0.331 e. The minimum atomic E-state index is -1.39. The predicted octanol–water partition coefficient (Wildman–Crippen LogP) is 2.37. The zero-order valence-corrected chi connectivity index (χ0v) is 11.9. The Morgan fingerprint density at radius 2 is 1.58 bits per heavy atom. The van der Waals surface area contributed by atoms with Crippen molar-refractivity contribution in [2.24, 2.45) is 5.92 Å². The van der Waals surface area contributed by atoms with Crippen LogP contribution in [0.2, 0.25) is 0 Å². The van der Waals surface area contributed by atoms with Crippen LogP contribution in [-0.4, -0.2) is 23.5 Å². The molecule has 5 nitrogen and oxygen atoms in total. The van der Waals surface area contributed by atoms with Crippen LogP contribution < -0.4 is 0 Å². The van der Waals surface area contributed by atoms with Crippen molar-refractivity contribution in [1.82, 2.24) is 0 Å². The molecule has 1 rings (SSSR count). The van der Waals surface area contributed by atoms with Crippen molar-refractivity contribution < 1.29 is 23.9 Å². The molecule has 0 bridgehead atoms. The number of hydrogen-bond acceptors (Lipinski definition) is 5. The van der Waals surface area contributed by atoms with Crippen molar-refractivity contribution in [3.8, 4) is 0 Å². The van der Waals surface area contributed by atoms with E-state index in [9.17, 15) is 14.4 Å². The topological polar surface area (TPSA) is 69.7 Å². The molecule has 0 atom stereocenters. The highest BCUT2D eigenvalue weighted by atomic mass is 16.7. The number of carbonyl (C=O) groups excluding carboxylic acids is 3. The van der Waals surface area contributed by atoms with Crippen LogP contribution in [0.25, 0.3) is 0 Å². The largest absolute Gasteiger partial charge is 0.422 e. The second-order valence-corrected chi connectivity index (χ2v) is 5.31. The highest BCUT2D eigenvalue weighted by Crippen LogP contribution is 2.24. The number of cyclic esters (lactones) is 2. The molecule has 0 amide bonds. The summed E-state index contributed by atoms with van der Waals surface area (Å²) in [7, 11) is 0. The van der Waals surface area contributed by atoms with Crippen LogP contribution in [0.1, 0.15) is 59.3 Å². The van der Waals surface area contributed by atoms with E-state index in [1.54, 1.807) is 0 Å². The summed E-state index contributed by atoms with van der Waals surface area (Å²) in [6, 6.07) is 0. The first-order chi connectivity index (χ1) is 8.87. The molecule has 1 saturated heterocycles. The highest BCUT2D eigenvalue weighted by molar-refractivity contribution is 6.15. The van der Waals surface area contributed by atoms with E-state index in [-0.39, 0.29) is 6.42 Å². The number of carbonyl (C=O) groups is 3. The number of hydrogen-bond donors (Lipinski definition) is 0. The Kier molecular flexibility index (Phi) is 5.51. The molecule has 0 aromatic carbocycles. The van der Waals surface area contributed by atoms with Gasteiger partial charge in [0.05, 0.1) is 0 Å². The molecule has 0 saturated carbocycles. The van der Waals surface area contributed by atoms with Crippen LogP contribution in [0.4, 0.5) is 0 Å². The second kappa shape index (κ2) is 6.68. The minimum Gasteiger partial charge on any atom is -0.422 e.